The van der Waals surface area contributed by atoms with Gasteiger partial charge in [0.1, 0.15) is 11.6 Å². The minimum atomic E-state index is -0.680. The Hall–Kier alpha value is -2.27. The van der Waals surface area contributed by atoms with E-state index in [2.05, 4.69) is 6.92 Å². The lowest BCUT2D eigenvalue weighted by Crippen LogP contribution is -2.25. The minimum absolute atomic E-state index is 0.00957. The Morgan fingerprint density at radius 2 is 1.46 bits per heavy atom. The average Bonchev–Trinajstić information content (AvgIpc) is 2.91. The number of allylic oxidation sites excluding steroid dienone is 1. The molecule has 0 bridgehead atoms. The van der Waals surface area contributed by atoms with Crippen LogP contribution in [0.2, 0.25) is 0 Å². The number of halogens is 3. The Kier molecular flexibility index (Phi) is 9.75. The number of rotatable bonds is 9. The molecule has 1 unspecified atom stereocenters. The number of aliphatic hydroxyl groups is 1. The molecule has 0 aliphatic heterocycles. The molecule has 0 saturated heterocycles. The summed E-state index contributed by atoms with van der Waals surface area (Å²) in [6.07, 6.45) is 12.0. The zero-order chi connectivity index (χ0) is 26.4. The predicted molar refractivity (Wildman–Crippen MR) is 143 cm³/mol. The van der Waals surface area contributed by atoms with E-state index in [0.717, 1.165) is 64.2 Å². The maximum absolute atomic E-state index is 15.2. The summed E-state index contributed by atoms with van der Waals surface area (Å²) in [5.74, 6) is -0.529. The van der Waals surface area contributed by atoms with Crippen LogP contribution in [-0.2, 0) is 0 Å². The van der Waals surface area contributed by atoms with Crippen LogP contribution in [0.4, 0.5) is 13.2 Å². The fourth-order valence-corrected chi connectivity index (χ4v) is 6.32. The van der Waals surface area contributed by atoms with E-state index in [-0.39, 0.29) is 29.7 Å². The Bertz CT molecular complexity index is 1050. The van der Waals surface area contributed by atoms with E-state index in [9.17, 15) is 9.50 Å². The molecular weight excluding hydrogens is 473 g/mol. The van der Waals surface area contributed by atoms with Gasteiger partial charge < -0.3 is 9.84 Å². The van der Waals surface area contributed by atoms with Crippen molar-refractivity contribution in [2.45, 2.75) is 96.0 Å². The van der Waals surface area contributed by atoms with Gasteiger partial charge >= 0.3 is 0 Å². The minimum Gasteiger partial charge on any atom is -0.494 e. The Morgan fingerprint density at radius 3 is 2.00 bits per heavy atom. The van der Waals surface area contributed by atoms with Crippen molar-refractivity contribution in [3.63, 3.8) is 0 Å². The Morgan fingerprint density at radius 1 is 0.865 bits per heavy atom. The molecule has 5 heteroatoms. The van der Waals surface area contributed by atoms with Gasteiger partial charge in [0.05, 0.1) is 12.7 Å². The molecule has 2 nitrogen and oxygen atoms in total. The van der Waals surface area contributed by atoms with E-state index in [1.807, 2.05) is 31.2 Å². The summed E-state index contributed by atoms with van der Waals surface area (Å²) in [6.45, 7) is 4.43. The lowest BCUT2D eigenvalue weighted by atomic mass is 9.74. The number of benzene rings is 2. The van der Waals surface area contributed by atoms with Crippen molar-refractivity contribution in [2.24, 2.45) is 11.8 Å². The molecule has 0 spiro atoms. The van der Waals surface area contributed by atoms with Crippen LogP contribution in [0.15, 0.2) is 36.4 Å². The lowest BCUT2D eigenvalue weighted by molar-refractivity contribution is 0.0727. The third-order valence-electron chi connectivity index (χ3n) is 8.52. The number of ether oxygens (including phenoxy) is 1. The van der Waals surface area contributed by atoms with Crippen molar-refractivity contribution in [3.05, 3.63) is 70.5 Å². The van der Waals surface area contributed by atoms with Crippen molar-refractivity contribution in [3.8, 4) is 5.75 Å². The third kappa shape index (κ3) is 6.79. The summed E-state index contributed by atoms with van der Waals surface area (Å²) in [7, 11) is 0. The SMILES string of the molecule is CCCC(O)C1CCC(c2ccc(C3CCC(/C=C/c4ccc(OCC)cc4F)CC3)c(F)c2F)CC1. The summed E-state index contributed by atoms with van der Waals surface area (Å²) in [5.41, 5.74) is 1.52. The molecule has 2 fully saturated rings. The Balaban J connectivity index is 1.33. The zero-order valence-corrected chi connectivity index (χ0v) is 22.2. The van der Waals surface area contributed by atoms with Crippen LogP contribution in [0.25, 0.3) is 6.08 Å². The van der Waals surface area contributed by atoms with Crippen molar-refractivity contribution in [1.82, 2.24) is 0 Å². The second kappa shape index (κ2) is 13.0. The number of aliphatic hydroxyl groups excluding tert-OH is 1. The van der Waals surface area contributed by atoms with Crippen LogP contribution in [0.1, 0.15) is 107 Å². The van der Waals surface area contributed by atoms with Crippen molar-refractivity contribution >= 4 is 6.08 Å². The van der Waals surface area contributed by atoms with Crippen molar-refractivity contribution in [1.29, 1.82) is 0 Å². The molecule has 202 valence electrons. The molecule has 0 radical (unpaired) electrons. The topological polar surface area (TPSA) is 29.5 Å². The van der Waals surface area contributed by atoms with Gasteiger partial charge in [0, 0.05) is 11.6 Å². The van der Waals surface area contributed by atoms with Gasteiger partial charge in [-0.05, 0) is 112 Å². The van der Waals surface area contributed by atoms with Crippen molar-refractivity contribution < 1.29 is 23.0 Å². The maximum Gasteiger partial charge on any atom is 0.162 e. The summed E-state index contributed by atoms with van der Waals surface area (Å²) in [5, 5.41) is 10.3. The first-order valence-corrected chi connectivity index (χ1v) is 14.2. The molecular formula is C32H41F3O2. The van der Waals surface area contributed by atoms with E-state index in [1.165, 1.54) is 6.07 Å². The molecule has 2 aromatic carbocycles. The Labute approximate surface area is 219 Å². The highest BCUT2D eigenvalue weighted by atomic mass is 19.2. The highest BCUT2D eigenvalue weighted by Crippen LogP contribution is 2.42. The molecule has 2 aliphatic carbocycles. The maximum atomic E-state index is 15.2. The van der Waals surface area contributed by atoms with E-state index < -0.39 is 11.6 Å². The van der Waals surface area contributed by atoms with E-state index in [0.29, 0.717) is 35.0 Å². The van der Waals surface area contributed by atoms with Gasteiger partial charge in [0.15, 0.2) is 11.6 Å². The first kappa shape index (κ1) is 27.8. The molecule has 0 heterocycles. The molecule has 2 aliphatic rings. The van der Waals surface area contributed by atoms with Gasteiger partial charge in [-0.2, -0.15) is 0 Å². The predicted octanol–water partition coefficient (Wildman–Crippen LogP) is 8.92. The van der Waals surface area contributed by atoms with Gasteiger partial charge in [-0.1, -0.05) is 37.6 Å². The van der Waals surface area contributed by atoms with Crippen LogP contribution < -0.4 is 4.74 Å². The quantitative estimate of drug-likeness (QED) is 0.362. The zero-order valence-electron chi connectivity index (χ0n) is 22.2. The van der Waals surface area contributed by atoms with Crippen LogP contribution >= 0.6 is 0 Å². The van der Waals surface area contributed by atoms with Gasteiger partial charge in [-0.25, -0.2) is 13.2 Å². The fraction of sp³-hybridized carbons (Fsp3) is 0.562. The van der Waals surface area contributed by atoms with E-state index in [1.54, 1.807) is 12.1 Å². The van der Waals surface area contributed by atoms with Gasteiger partial charge in [-0.3, -0.25) is 0 Å². The van der Waals surface area contributed by atoms with Crippen LogP contribution in [0.5, 0.6) is 5.75 Å². The van der Waals surface area contributed by atoms with Crippen LogP contribution in [0.3, 0.4) is 0 Å². The molecule has 4 rings (SSSR count). The van der Waals surface area contributed by atoms with Crippen LogP contribution in [-0.4, -0.2) is 17.8 Å². The summed E-state index contributed by atoms with van der Waals surface area (Å²) >= 11 is 0. The molecule has 1 N–H and O–H groups in total. The second-order valence-electron chi connectivity index (χ2n) is 10.9. The van der Waals surface area contributed by atoms with Gasteiger partial charge in [-0.15, -0.1) is 0 Å². The highest BCUT2D eigenvalue weighted by molar-refractivity contribution is 5.52. The molecule has 0 amide bonds. The third-order valence-corrected chi connectivity index (χ3v) is 8.52. The number of hydrogen-bond acceptors (Lipinski definition) is 2. The van der Waals surface area contributed by atoms with E-state index in [4.69, 9.17) is 4.74 Å². The van der Waals surface area contributed by atoms with Gasteiger partial charge in [0.2, 0.25) is 0 Å². The largest absolute Gasteiger partial charge is 0.494 e. The lowest BCUT2D eigenvalue weighted by Gasteiger charge is -2.32. The molecule has 37 heavy (non-hydrogen) atoms. The summed E-state index contributed by atoms with van der Waals surface area (Å²) in [4.78, 5) is 0. The van der Waals surface area contributed by atoms with Crippen molar-refractivity contribution in [2.75, 3.05) is 6.61 Å². The fourth-order valence-electron chi connectivity index (χ4n) is 6.32. The monoisotopic (exact) mass is 514 g/mol. The van der Waals surface area contributed by atoms with Gasteiger partial charge in [0.25, 0.3) is 0 Å². The van der Waals surface area contributed by atoms with Crippen LogP contribution in [0, 0.1) is 29.3 Å². The first-order valence-electron chi connectivity index (χ1n) is 14.2. The molecule has 2 saturated carbocycles. The smallest absolute Gasteiger partial charge is 0.162 e. The normalized spacial score (nSPS) is 25.4. The molecule has 2 aromatic rings. The molecule has 1 atom stereocenters. The highest BCUT2D eigenvalue weighted by Gasteiger charge is 2.31. The second-order valence-corrected chi connectivity index (χ2v) is 10.9. The van der Waals surface area contributed by atoms with E-state index >= 15 is 8.78 Å². The molecule has 0 aromatic heterocycles. The average molecular weight is 515 g/mol. The standard InChI is InChI=1S/C32H41F3O2/c1-3-5-30(36)25-14-12-23(13-15-25)28-19-18-27(31(34)32(28)35)22-9-6-21(7-10-22)8-11-24-16-17-26(37-4-2)20-29(24)33/h8,11,16-23,25,30,36H,3-7,9-10,12-15H2,1-2H3/b11-8+. The first-order chi connectivity index (χ1) is 17.9. The summed E-state index contributed by atoms with van der Waals surface area (Å²) < 4.78 is 50.1. The number of hydrogen-bond donors (Lipinski definition) is 1. The summed E-state index contributed by atoms with van der Waals surface area (Å²) in [6, 6.07) is 8.51.